The maximum absolute atomic E-state index is 12.3. The molecule has 98 valence electrons. The topological polar surface area (TPSA) is 49.3 Å². The molecule has 1 aliphatic carbocycles. The van der Waals surface area contributed by atoms with E-state index in [1.807, 2.05) is 6.92 Å². The minimum absolute atomic E-state index is 0.104. The van der Waals surface area contributed by atoms with Crippen molar-refractivity contribution in [3.05, 3.63) is 23.8 Å². The highest BCUT2D eigenvalue weighted by Gasteiger charge is 2.34. The monoisotopic (exact) mass is 247 g/mol. The van der Waals surface area contributed by atoms with Gasteiger partial charge in [-0.15, -0.1) is 0 Å². The maximum atomic E-state index is 12.3. The summed E-state index contributed by atoms with van der Waals surface area (Å²) in [5, 5.41) is 12.4. The zero-order valence-corrected chi connectivity index (χ0v) is 11.1. The van der Waals surface area contributed by atoms with Crippen molar-refractivity contribution in [3.8, 4) is 5.75 Å². The van der Waals surface area contributed by atoms with Gasteiger partial charge >= 0.3 is 0 Å². The second kappa shape index (κ2) is 5.01. The van der Waals surface area contributed by atoms with Crippen LogP contribution >= 0.6 is 0 Å². The van der Waals surface area contributed by atoms with Gasteiger partial charge in [0.25, 0.3) is 0 Å². The second-order valence-electron chi connectivity index (χ2n) is 5.58. The second-order valence-corrected chi connectivity index (χ2v) is 5.58. The first kappa shape index (κ1) is 12.9. The van der Waals surface area contributed by atoms with Crippen LogP contribution in [0.5, 0.6) is 5.75 Å². The Morgan fingerprint density at radius 3 is 2.56 bits per heavy atom. The van der Waals surface area contributed by atoms with E-state index >= 15 is 0 Å². The SMILES string of the molecule is Cc1cc(NC(=O)C2(C)CCCCC2)ccc1O. The van der Waals surface area contributed by atoms with Crippen molar-refractivity contribution in [3.63, 3.8) is 0 Å². The predicted molar refractivity (Wildman–Crippen MR) is 72.7 cm³/mol. The van der Waals surface area contributed by atoms with Gasteiger partial charge in [-0.3, -0.25) is 4.79 Å². The molecule has 2 N–H and O–H groups in total. The number of benzene rings is 1. The number of aromatic hydroxyl groups is 1. The van der Waals surface area contributed by atoms with Crippen LogP contribution in [0.4, 0.5) is 5.69 Å². The molecule has 18 heavy (non-hydrogen) atoms. The standard InChI is InChI=1S/C15H21NO2/c1-11-10-12(6-7-13(11)17)16-14(18)15(2)8-4-3-5-9-15/h6-7,10,17H,3-5,8-9H2,1-2H3,(H,16,18). The van der Waals surface area contributed by atoms with Crippen LogP contribution in [0, 0.1) is 12.3 Å². The first-order chi connectivity index (χ1) is 8.51. The van der Waals surface area contributed by atoms with Gasteiger partial charge in [0.15, 0.2) is 0 Å². The first-order valence-corrected chi connectivity index (χ1v) is 6.62. The van der Waals surface area contributed by atoms with Gasteiger partial charge in [0, 0.05) is 11.1 Å². The molecule has 1 amide bonds. The number of hydrogen-bond acceptors (Lipinski definition) is 2. The summed E-state index contributed by atoms with van der Waals surface area (Å²) in [6.07, 6.45) is 5.45. The van der Waals surface area contributed by atoms with E-state index in [1.165, 1.54) is 6.42 Å². The summed E-state index contributed by atoms with van der Waals surface area (Å²) in [4.78, 5) is 12.3. The number of rotatable bonds is 2. The first-order valence-electron chi connectivity index (χ1n) is 6.62. The largest absolute Gasteiger partial charge is 0.508 e. The lowest BCUT2D eigenvalue weighted by Crippen LogP contribution is -2.35. The van der Waals surface area contributed by atoms with Crippen LogP contribution in [0.1, 0.15) is 44.6 Å². The third-order valence-electron chi connectivity index (χ3n) is 3.96. The number of nitrogens with one attached hydrogen (secondary N) is 1. The van der Waals surface area contributed by atoms with Crippen molar-refractivity contribution < 1.29 is 9.90 Å². The van der Waals surface area contributed by atoms with Gasteiger partial charge in [0.05, 0.1) is 0 Å². The highest BCUT2D eigenvalue weighted by Crippen LogP contribution is 2.36. The zero-order valence-electron chi connectivity index (χ0n) is 11.1. The Labute approximate surface area is 108 Å². The van der Waals surface area contributed by atoms with Gasteiger partial charge in [-0.05, 0) is 43.5 Å². The number of hydrogen-bond donors (Lipinski definition) is 2. The lowest BCUT2D eigenvalue weighted by atomic mass is 9.75. The zero-order chi connectivity index (χ0) is 13.2. The Morgan fingerprint density at radius 2 is 1.94 bits per heavy atom. The molecule has 0 radical (unpaired) electrons. The summed E-state index contributed by atoms with van der Waals surface area (Å²) in [5.41, 5.74) is 1.31. The molecule has 1 aromatic rings. The summed E-state index contributed by atoms with van der Waals surface area (Å²) >= 11 is 0. The summed E-state index contributed by atoms with van der Waals surface area (Å²) in [7, 11) is 0. The Morgan fingerprint density at radius 1 is 1.28 bits per heavy atom. The van der Waals surface area contributed by atoms with Crippen LogP contribution in [-0.2, 0) is 4.79 Å². The molecule has 1 aromatic carbocycles. The fourth-order valence-electron chi connectivity index (χ4n) is 2.57. The lowest BCUT2D eigenvalue weighted by molar-refractivity contribution is -0.126. The van der Waals surface area contributed by atoms with E-state index in [0.29, 0.717) is 0 Å². The lowest BCUT2D eigenvalue weighted by Gasteiger charge is -2.32. The summed E-state index contributed by atoms with van der Waals surface area (Å²) < 4.78 is 0. The summed E-state index contributed by atoms with van der Waals surface area (Å²) in [6, 6.07) is 5.17. The average molecular weight is 247 g/mol. The minimum atomic E-state index is -0.232. The molecular formula is C15H21NO2. The van der Waals surface area contributed by atoms with Gasteiger partial charge in [0.2, 0.25) is 5.91 Å². The predicted octanol–water partition coefficient (Wildman–Crippen LogP) is 3.61. The van der Waals surface area contributed by atoms with Crippen molar-refractivity contribution in [2.24, 2.45) is 5.41 Å². The molecule has 0 aliphatic heterocycles. The van der Waals surface area contributed by atoms with Gasteiger partial charge in [-0.1, -0.05) is 26.2 Å². The van der Waals surface area contributed by atoms with E-state index < -0.39 is 0 Å². The Bertz CT molecular complexity index is 448. The summed E-state index contributed by atoms with van der Waals surface area (Å²) in [6.45, 7) is 3.88. The molecule has 2 rings (SSSR count). The van der Waals surface area contributed by atoms with Crippen LogP contribution < -0.4 is 5.32 Å². The van der Waals surface area contributed by atoms with E-state index in [-0.39, 0.29) is 17.1 Å². The number of carbonyl (C=O) groups is 1. The van der Waals surface area contributed by atoms with Crippen LogP contribution in [0.3, 0.4) is 0 Å². The van der Waals surface area contributed by atoms with Crippen LogP contribution in [0.2, 0.25) is 0 Å². The van der Waals surface area contributed by atoms with E-state index in [1.54, 1.807) is 18.2 Å². The maximum Gasteiger partial charge on any atom is 0.230 e. The number of phenols is 1. The van der Waals surface area contributed by atoms with Gasteiger partial charge in [-0.2, -0.15) is 0 Å². The van der Waals surface area contributed by atoms with Crippen LogP contribution in [0.25, 0.3) is 0 Å². The van der Waals surface area contributed by atoms with E-state index in [4.69, 9.17) is 0 Å². The number of amides is 1. The molecule has 0 aromatic heterocycles. The molecular weight excluding hydrogens is 226 g/mol. The molecule has 0 spiro atoms. The van der Waals surface area contributed by atoms with Crippen molar-refractivity contribution in [2.75, 3.05) is 5.32 Å². The molecule has 0 unspecified atom stereocenters. The van der Waals surface area contributed by atoms with Crippen molar-refractivity contribution >= 4 is 11.6 Å². The molecule has 1 fully saturated rings. The smallest absolute Gasteiger partial charge is 0.230 e. The number of phenolic OH excluding ortho intramolecular Hbond substituents is 1. The molecule has 3 heteroatoms. The number of aryl methyl sites for hydroxylation is 1. The quantitative estimate of drug-likeness (QED) is 0.784. The fourth-order valence-corrected chi connectivity index (χ4v) is 2.57. The number of anilines is 1. The third kappa shape index (κ3) is 2.66. The van der Waals surface area contributed by atoms with Gasteiger partial charge in [-0.25, -0.2) is 0 Å². The van der Waals surface area contributed by atoms with Crippen molar-refractivity contribution in [1.82, 2.24) is 0 Å². The normalized spacial score (nSPS) is 18.3. The van der Waals surface area contributed by atoms with Gasteiger partial charge in [0.1, 0.15) is 5.75 Å². The van der Waals surface area contributed by atoms with Crippen LogP contribution in [-0.4, -0.2) is 11.0 Å². The number of carbonyl (C=O) groups excluding carboxylic acids is 1. The van der Waals surface area contributed by atoms with Gasteiger partial charge < -0.3 is 10.4 Å². The third-order valence-corrected chi connectivity index (χ3v) is 3.96. The molecule has 0 saturated heterocycles. The highest BCUT2D eigenvalue weighted by molar-refractivity contribution is 5.95. The molecule has 1 aliphatic rings. The Hall–Kier alpha value is -1.51. The average Bonchev–Trinajstić information content (AvgIpc) is 2.35. The minimum Gasteiger partial charge on any atom is -0.508 e. The Kier molecular flexibility index (Phi) is 3.60. The van der Waals surface area contributed by atoms with E-state index in [0.717, 1.165) is 36.9 Å². The van der Waals surface area contributed by atoms with E-state index in [9.17, 15) is 9.90 Å². The van der Waals surface area contributed by atoms with Crippen molar-refractivity contribution in [1.29, 1.82) is 0 Å². The molecule has 0 atom stereocenters. The molecule has 1 saturated carbocycles. The van der Waals surface area contributed by atoms with Crippen LogP contribution in [0.15, 0.2) is 18.2 Å². The summed E-state index contributed by atoms with van der Waals surface area (Å²) in [5.74, 6) is 0.365. The molecule has 3 nitrogen and oxygen atoms in total. The fraction of sp³-hybridized carbons (Fsp3) is 0.533. The molecule has 0 bridgehead atoms. The van der Waals surface area contributed by atoms with E-state index in [2.05, 4.69) is 12.2 Å². The van der Waals surface area contributed by atoms with Crippen molar-refractivity contribution in [2.45, 2.75) is 46.0 Å². The highest BCUT2D eigenvalue weighted by atomic mass is 16.3. The Balaban J connectivity index is 2.08. The molecule has 0 heterocycles.